The van der Waals surface area contributed by atoms with Crippen molar-refractivity contribution in [1.82, 2.24) is 10.6 Å². The van der Waals surface area contributed by atoms with Crippen LogP contribution in [0.4, 0.5) is 0 Å². The second kappa shape index (κ2) is 9.31. The van der Waals surface area contributed by atoms with Crippen LogP contribution in [-0.2, 0) is 16.0 Å². The van der Waals surface area contributed by atoms with Gasteiger partial charge in [0.05, 0.1) is 6.04 Å². The molecule has 1 aliphatic heterocycles. The van der Waals surface area contributed by atoms with Crippen LogP contribution in [0.1, 0.15) is 81.7 Å². The Bertz CT molecular complexity index is 1100. The zero-order valence-corrected chi connectivity index (χ0v) is 22.5. The molecule has 192 valence electrons. The second-order valence-corrected chi connectivity index (χ2v) is 13.6. The second-order valence-electron chi connectivity index (χ2n) is 12.6. The molecule has 0 radical (unpaired) electrons. The number of carbonyl (C=O) groups is 2. The van der Waals surface area contributed by atoms with E-state index < -0.39 is 5.92 Å². The van der Waals surface area contributed by atoms with E-state index in [0.717, 1.165) is 29.6 Å². The van der Waals surface area contributed by atoms with Crippen molar-refractivity contribution >= 4 is 23.2 Å². The van der Waals surface area contributed by atoms with Gasteiger partial charge in [-0.3, -0.25) is 9.59 Å². The Kier molecular flexibility index (Phi) is 6.26. The van der Waals surface area contributed by atoms with Crippen LogP contribution in [0.3, 0.4) is 0 Å². The number of rotatable bonds is 5. The molecular formula is C31H40N2O2S. The van der Waals surface area contributed by atoms with E-state index in [1.165, 1.54) is 44.1 Å². The smallest absolute Gasteiger partial charge is 0.233 e. The van der Waals surface area contributed by atoms with Gasteiger partial charge < -0.3 is 10.6 Å². The Morgan fingerprint density at radius 3 is 2.67 bits per heavy atom. The molecule has 2 N–H and O–H groups in total. The van der Waals surface area contributed by atoms with Gasteiger partial charge in [-0.25, -0.2) is 0 Å². The number of thiophene rings is 1. The average molecular weight is 505 g/mol. The molecule has 0 spiro atoms. The van der Waals surface area contributed by atoms with Gasteiger partial charge in [0.2, 0.25) is 11.8 Å². The highest BCUT2D eigenvalue weighted by Gasteiger charge is 2.60. The van der Waals surface area contributed by atoms with Gasteiger partial charge in [-0.15, -0.1) is 11.3 Å². The van der Waals surface area contributed by atoms with Gasteiger partial charge in [0.25, 0.3) is 0 Å². The first kappa shape index (κ1) is 24.2. The van der Waals surface area contributed by atoms with Gasteiger partial charge in [0.1, 0.15) is 5.92 Å². The number of carbonyl (C=O) groups excluding carboxylic acids is 2. The lowest BCUT2D eigenvalue weighted by Gasteiger charge is -2.60. The van der Waals surface area contributed by atoms with E-state index in [0.29, 0.717) is 17.8 Å². The van der Waals surface area contributed by atoms with E-state index in [4.69, 9.17) is 0 Å². The molecule has 3 aliphatic carbocycles. The predicted octanol–water partition coefficient (Wildman–Crippen LogP) is 6.29. The fourth-order valence-electron chi connectivity index (χ4n) is 8.83. The summed E-state index contributed by atoms with van der Waals surface area (Å²) in [6.45, 7) is 4.93. The van der Waals surface area contributed by atoms with Crippen LogP contribution in [0.25, 0.3) is 0 Å². The van der Waals surface area contributed by atoms with Crippen molar-refractivity contribution in [2.75, 3.05) is 0 Å². The molecule has 4 aliphatic rings. The number of hydrogen-bond acceptors (Lipinski definition) is 3. The SMILES string of the molecule is C[C@@]12CCC[C@H]1[C@@H]1CCC3NC(=O)C(C(=O)NC(Cc4ccccc4)c4cccs4)C[C@]3(C)[C@@H]1CC2. The highest BCUT2D eigenvalue weighted by molar-refractivity contribution is 7.10. The van der Waals surface area contributed by atoms with E-state index in [2.05, 4.69) is 48.1 Å². The van der Waals surface area contributed by atoms with E-state index >= 15 is 0 Å². The highest BCUT2D eigenvalue weighted by Crippen LogP contribution is 2.64. The first-order chi connectivity index (χ1) is 17.4. The third-order valence-corrected chi connectivity index (χ3v) is 11.7. The standard InChI is InChI=1S/C31H40N2O2S/c1-30-15-6-10-23(30)21-12-13-27-31(2,24(21)14-16-30)19-22(29(35)33-27)28(34)32-25(26-11-7-17-36-26)18-20-8-4-3-5-9-20/h3-5,7-9,11,17,21-25,27H,6,10,12-16,18-19H2,1-2H3,(H,32,34)(H,33,35)/t21-,22?,23-,24+,25?,27?,30-,31+/m0/s1. The van der Waals surface area contributed by atoms with Crippen molar-refractivity contribution in [3.05, 3.63) is 58.3 Å². The van der Waals surface area contributed by atoms with Gasteiger partial charge in [-0.05, 0) is 97.0 Å². The maximum atomic E-state index is 13.7. The van der Waals surface area contributed by atoms with Gasteiger partial charge in [0, 0.05) is 10.9 Å². The Labute approximate surface area is 219 Å². The Hall–Kier alpha value is -2.14. The topological polar surface area (TPSA) is 58.2 Å². The summed E-state index contributed by atoms with van der Waals surface area (Å²) in [6.07, 6.45) is 10.4. The lowest BCUT2D eigenvalue weighted by Crippen LogP contribution is -2.64. The number of hydrogen-bond donors (Lipinski definition) is 2. The zero-order chi connectivity index (χ0) is 24.9. The fourth-order valence-corrected chi connectivity index (χ4v) is 9.61. The van der Waals surface area contributed by atoms with Crippen molar-refractivity contribution in [2.24, 2.45) is 34.5 Å². The molecule has 6 rings (SSSR count). The lowest BCUT2D eigenvalue weighted by molar-refractivity contribution is -0.151. The molecule has 1 aromatic carbocycles. The number of benzene rings is 1. The summed E-state index contributed by atoms with van der Waals surface area (Å²) in [6, 6.07) is 14.5. The van der Waals surface area contributed by atoms with Crippen molar-refractivity contribution in [3.63, 3.8) is 0 Å². The molecule has 5 heteroatoms. The van der Waals surface area contributed by atoms with E-state index in [1.54, 1.807) is 11.3 Å². The third kappa shape index (κ3) is 4.12. The summed E-state index contributed by atoms with van der Waals surface area (Å²) in [4.78, 5) is 28.2. The molecule has 1 aromatic heterocycles. The Morgan fingerprint density at radius 1 is 1.06 bits per heavy atom. The molecule has 36 heavy (non-hydrogen) atoms. The fraction of sp³-hybridized carbons (Fsp3) is 0.613. The van der Waals surface area contributed by atoms with Crippen LogP contribution in [-0.4, -0.2) is 17.9 Å². The van der Waals surface area contributed by atoms with Crippen molar-refractivity contribution in [3.8, 4) is 0 Å². The van der Waals surface area contributed by atoms with E-state index in [-0.39, 0.29) is 29.3 Å². The zero-order valence-electron chi connectivity index (χ0n) is 21.7. The summed E-state index contributed by atoms with van der Waals surface area (Å²) in [5.41, 5.74) is 1.71. The summed E-state index contributed by atoms with van der Waals surface area (Å²) >= 11 is 1.67. The minimum absolute atomic E-state index is 0.000607. The lowest BCUT2D eigenvalue weighted by atomic mass is 9.47. The number of nitrogens with one attached hydrogen (secondary N) is 2. The number of piperidine rings is 1. The summed E-state index contributed by atoms with van der Waals surface area (Å²) in [7, 11) is 0. The van der Waals surface area contributed by atoms with Gasteiger partial charge in [0.15, 0.2) is 0 Å². The van der Waals surface area contributed by atoms with Crippen molar-refractivity contribution in [2.45, 2.75) is 83.7 Å². The molecule has 3 saturated carbocycles. The molecule has 1 saturated heterocycles. The maximum absolute atomic E-state index is 13.7. The first-order valence-electron chi connectivity index (χ1n) is 14.1. The average Bonchev–Trinajstić information content (AvgIpc) is 3.54. The van der Waals surface area contributed by atoms with Crippen LogP contribution in [0.15, 0.2) is 47.8 Å². The molecule has 2 amide bonds. The van der Waals surface area contributed by atoms with Crippen LogP contribution in [0.2, 0.25) is 0 Å². The number of fused-ring (bicyclic) bond motifs is 5. The maximum Gasteiger partial charge on any atom is 0.233 e. The molecule has 8 atom stereocenters. The minimum atomic E-state index is -0.611. The molecule has 2 heterocycles. The summed E-state index contributed by atoms with van der Waals surface area (Å²) in [5, 5.41) is 8.72. The molecule has 0 bridgehead atoms. The summed E-state index contributed by atoms with van der Waals surface area (Å²) in [5.74, 6) is 1.40. The molecular weight excluding hydrogens is 464 g/mol. The normalized spacial score (nSPS) is 38.3. The van der Waals surface area contributed by atoms with Crippen LogP contribution < -0.4 is 10.6 Å². The summed E-state index contributed by atoms with van der Waals surface area (Å²) < 4.78 is 0. The van der Waals surface area contributed by atoms with E-state index in [1.807, 2.05) is 24.3 Å². The Balaban J connectivity index is 1.22. The highest BCUT2D eigenvalue weighted by atomic mass is 32.1. The molecule has 4 nitrogen and oxygen atoms in total. The number of amides is 2. The van der Waals surface area contributed by atoms with Crippen molar-refractivity contribution < 1.29 is 9.59 Å². The van der Waals surface area contributed by atoms with Crippen LogP contribution in [0, 0.1) is 34.5 Å². The van der Waals surface area contributed by atoms with Gasteiger partial charge in [-0.1, -0.05) is 56.7 Å². The van der Waals surface area contributed by atoms with Crippen LogP contribution in [0.5, 0.6) is 0 Å². The Morgan fingerprint density at radius 2 is 1.89 bits per heavy atom. The third-order valence-electron chi connectivity index (χ3n) is 10.7. The monoisotopic (exact) mass is 504 g/mol. The van der Waals surface area contributed by atoms with E-state index in [9.17, 15) is 9.59 Å². The van der Waals surface area contributed by atoms with Gasteiger partial charge >= 0.3 is 0 Å². The quantitative estimate of drug-likeness (QED) is 0.471. The van der Waals surface area contributed by atoms with Gasteiger partial charge in [-0.2, -0.15) is 0 Å². The van der Waals surface area contributed by atoms with Crippen LogP contribution >= 0.6 is 11.3 Å². The minimum Gasteiger partial charge on any atom is -0.352 e. The predicted molar refractivity (Wildman–Crippen MR) is 144 cm³/mol. The molecule has 2 aromatic rings. The van der Waals surface area contributed by atoms with Crippen molar-refractivity contribution in [1.29, 1.82) is 0 Å². The molecule has 4 fully saturated rings. The largest absolute Gasteiger partial charge is 0.352 e. The molecule has 3 unspecified atom stereocenters. The first-order valence-corrected chi connectivity index (χ1v) is 14.9.